The molecule has 0 radical (unpaired) electrons. The van der Waals surface area contributed by atoms with Gasteiger partial charge in [0.05, 0.1) is 11.1 Å². The van der Waals surface area contributed by atoms with Gasteiger partial charge in [-0.2, -0.15) is 18.3 Å². The van der Waals surface area contributed by atoms with Gasteiger partial charge in [-0.1, -0.05) is 6.07 Å². The van der Waals surface area contributed by atoms with E-state index in [0.29, 0.717) is 5.41 Å². The average Bonchev–Trinajstić information content (AvgIpc) is 3.42. The molecular formula is C21H27F3N4O3S. The van der Waals surface area contributed by atoms with Crippen LogP contribution in [0.1, 0.15) is 40.9 Å². The van der Waals surface area contributed by atoms with Gasteiger partial charge in [-0.25, -0.2) is 4.79 Å². The number of aryl methyl sites for hydroxylation is 1. The van der Waals surface area contributed by atoms with Crippen molar-refractivity contribution in [2.45, 2.75) is 38.4 Å². The summed E-state index contributed by atoms with van der Waals surface area (Å²) in [6.45, 7) is 5.16. The first kappa shape index (κ1) is 24.2. The second-order valence-electron chi connectivity index (χ2n) is 8.37. The van der Waals surface area contributed by atoms with Crippen molar-refractivity contribution in [2.75, 3.05) is 26.2 Å². The third-order valence-electron chi connectivity index (χ3n) is 6.17. The number of aliphatic carboxylic acids is 1. The minimum Gasteiger partial charge on any atom is -0.475 e. The fourth-order valence-corrected chi connectivity index (χ4v) is 4.93. The average molecular weight is 473 g/mol. The molecule has 7 nitrogen and oxygen atoms in total. The van der Waals surface area contributed by atoms with Gasteiger partial charge >= 0.3 is 12.1 Å². The van der Waals surface area contributed by atoms with Crippen LogP contribution < -0.4 is 0 Å². The number of nitrogens with zero attached hydrogens (tertiary/aromatic N) is 4. The molecule has 1 amide bonds. The van der Waals surface area contributed by atoms with E-state index in [1.807, 2.05) is 35.4 Å². The van der Waals surface area contributed by atoms with Gasteiger partial charge in [-0.15, -0.1) is 11.3 Å². The van der Waals surface area contributed by atoms with E-state index in [1.54, 1.807) is 11.3 Å². The quantitative estimate of drug-likeness (QED) is 0.738. The highest BCUT2D eigenvalue weighted by molar-refractivity contribution is 7.12. The summed E-state index contributed by atoms with van der Waals surface area (Å²) in [5, 5.41) is 13.4. The lowest BCUT2D eigenvalue weighted by molar-refractivity contribution is -0.192. The Morgan fingerprint density at radius 3 is 2.22 bits per heavy atom. The van der Waals surface area contributed by atoms with Crippen molar-refractivity contribution in [2.24, 2.45) is 12.5 Å². The zero-order valence-corrected chi connectivity index (χ0v) is 18.7. The Balaban J connectivity index is 0.000000360. The van der Waals surface area contributed by atoms with Crippen molar-refractivity contribution in [3.63, 3.8) is 0 Å². The number of aromatic nitrogens is 2. The van der Waals surface area contributed by atoms with Crippen LogP contribution in [-0.4, -0.2) is 68.9 Å². The van der Waals surface area contributed by atoms with Crippen LogP contribution in [0.15, 0.2) is 29.9 Å². The molecule has 2 aliphatic heterocycles. The van der Waals surface area contributed by atoms with E-state index in [9.17, 15) is 18.0 Å². The third kappa shape index (κ3) is 6.32. The van der Waals surface area contributed by atoms with Crippen LogP contribution in [0.3, 0.4) is 0 Å². The second kappa shape index (κ2) is 10.0. The molecule has 1 spiro atoms. The number of halogens is 3. The molecule has 2 aromatic heterocycles. The topological polar surface area (TPSA) is 78.7 Å². The number of hydrogen-bond donors (Lipinski definition) is 1. The lowest BCUT2D eigenvalue weighted by atomic mass is 9.71. The molecule has 176 valence electrons. The summed E-state index contributed by atoms with van der Waals surface area (Å²) in [6.07, 6.45) is 3.83. The van der Waals surface area contributed by atoms with Crippen LogP contribution in [0.4, 0.5) is 13.2 Å². The van der Waals surface area contributed by atoms with Gasteiger partial charge in [-0.3, -0.25) is 14.4 Å². The molecule has 32 heavy (non-hydrogen) atoms. The summed E-state index contributed by atoms with van der Waals surface area (Å²) in [7, 11) is 1.97. The molecule has 2 aliphatic rings. The number of alkyl halides is 3. The van der Waals surface area contributed by atoms with Crippen LogP contribution in [0.25, 0.3) is 0 Å². The van der Waals surface area contributed by atoms with Crippen LogP contribution in [-0.2, 0) is 18.4 Å². The van der Waals surface area contributed by atoms with Gasteiger partial charge in [0.1, 0.15) is 0 Å². The normalized spacial score (nSPS) is 18.8. The number of carboxylic acid groups (broad SMARTS) is 1. The molecule has 0 unspecified atom stereocenters. The first-order valence-electron chi connectivity index (χ1n) is 10.4. The fourth-order valence-electron chi connectivity index (χ4n) is 4.24. The lowest BCUT2D eigenvalue weighted by Gasteiger charge is -2.46. The molecular weight excluding hydrogens is 445 g/mol. The van der Waals surface area contributed by atoms with Crippen molar-refractivity contribution < 1.29 is 27.9 Å². The molecule has 0 atom stereocenters. The van der Waals surface area contributed by atoms with Gasteiger partial charge in [0, 0.05) is 38.4 Å². The first-order valence-corrected chi connectivity index (χ1v) is 11.3. The Bertz CT molecular complexity index is 896. The fraction of sp³-hybridized carbons (Fsp3) is 0.571. The molecule has 0 aromatic carbocycles. The summed E-state index contributed by atoms with van der Waals surface area (Å²) < 4.78 is 33.6. The van der Waals surface area contributed by atoms with Crippen LogP contribution in [0.5, 0.6) is 0 Å². The predicted molar refractivity (Wildman–Crippen MR) is 113 cm³/mol. The van der Waals surface area contributed by atoms with Gasteiger partial charge < -0.3 is 10.0 Å². The molecule has 2 aromatic rings. The number of hydrogen-bond acceptors (Lipinski definition) is 5. The van der Waals surface area contributed by atoms with E-state index >= 15 is 0 Å². The second-order valence-corrected chi connectivity index (χ2v) is 9.32. The Labute approximate surface area is 188 Å². The maximum Gasteiger partial charge on any atom is 0.490 e. The Morgan fingerprint density at radius 2 is 1.75 bits per heavy atom. The number of rotatable bonds is 3. The first-order chi connectivity index (χ1) is 15.1. The number of carbonyl (C=O) groups is 2. The van der Waals surface area contributed by atoms with Crippen LogP contribution in [0.2, 0.25) is 0 Å². The van der Waals surface area contributed by atoms with E-state index in [-0.39, 0.29) is 5.91 Å². The van der Waals surface area contributed by atoms with E-state index in [0.717, 1.165) is 50.4 Å². The number of thiophene rings is 1. The van der Waals surface area contributed by atoms with E-state index in [1.165, 1.54) is 18.4 Å². The summed E-state index contributed by atoms with van der Waals surface area (Å²) >= 11 is 1.55. The smallest absolute Gasteiger partial charge is 0.475 e. The number of piperidine rings is 2. The molecule has 4 heterocycles. The zero-order chi connectivity index (χ0) is 23.4. The minimum absolute atomic E-state index is 0.221. The number of carbonyl (C=O) groups excluding carboxylic acids is 1. The Morgan fingerprint density at radius 1 is 1.16 bits per heavy atom. The SMILES string of the molecule is Cn1cc(CN2CCC3(CC2)CCN(C(=O)c2cccs2)CC3)cn1.O=C(O)C(F)(F)F. The maximum atomic E-state index is 12.5. The van der Waals surface area contributed by atoms with E-state index in [2.05, 4.69) is 21.1 Å². The van der Waals surface area contributed by atoms with Crippen molar-refractivity contribution in [1.82, 2.24) is 19.6 Å². The largest absolute Gasteiger partial charge is 0.490 e. The Kier molecular flexibility index (Phi) is 7.60. The highest BCUT2D eigenvalue weighted by Gasteiger charge is 2.39. The van der Waals surface area contributed by atoms with Crippen molar-refractivity contribution in [1.29, 1.82) is 0 Å². The van der Waals surface area contributed by atoms with Crippen molar-refractivity contribution in [3.05, 3.63) is 40.3 Å². The predicted octanol–water partition coefficient (Wildman–Crippen LogP) is 3.63. The summed E-state index contributed by atoms with van der Waals surface area (Å²) in [6, 6.07) is 3.90. The van der Waals surface area contributed by atoms with E-state index < -0.39 is 12.1 Å². The van der Waals surface area contributed by atoms with Crippen molar-refractivity contribution >= 4 is 23.2 Å². The summed E-state index contributed by atoms with van der Waals surface area (Å²) in [5.74, 6) is -2.54. The molecule has 0 aliphatic carbocycles. The lowest BCUT2D eigenvalue weighted by Crippen LogP contribution is -2.48. The van der Waals surface area contributed by atoms with Crippen molar-refractivity contribution in [3.8, 4) is 0 Å². The van der Waals surface area contributed by atoms with Gasteiger partial charge in [-0.05, 0) is 55.6 Å². The van der Waals surface area contributed by atoms with Gasteiger partial charge in [0.15, 0.2) is 0 Å². The highest BCUT2D eigenvalue weighted by Crippen LogP contribution is 2.41. The molecule has 1 N–H and O–H groups in total. The third-order valence-corrected chi connectivity index (χ3v) is 7.02. The van der Waals surface area contributed by atoms with Crippen LogP contribution >= 0.6 is 11.3 Å². The minimum atomic E-state index is -5.08. The monoisotopic (exact) mass is 472 g/mol. The van der Waals surface area contributed by atoms with Gasteiger partial charge in [0.2, 0.25) is 0 Å². The standard InChI is InChI=1S/C19H26N4OS.C2HF3O2/c1-21-14-16(13-20-21)15-22-8-4-19(5-9-22)6-10-23(11-7-19)18(24)17-3-2-12-25-17;3-2(4,5)1(6)7/h2-3,12-14H,4-11,15H2,1H3;(H,6,7). The number of carboxylic acids is 1. The zero-order valence-electron chi connectivity index (χ0n) is 17.8. The summed E-state index contributed by atoms with van der Waals surface area (Å²) in [4.78, 5) is 26.9. The van der Waals surface area contributed by atoms with Crippen LogP contribution in [0, 0.1) is 5.41 Å². The highest BCUT2D eigenvalue weighted by atomic mass is 32.1. The molecule has 0 bridgehead atoms. The molecule has 4 rings (SSSR count). The molecule has 2 fully saturated rings. The molecule has 11 heteroatoms. The summed E-state index contributed by atoms with van der Waals surface area (Å²) in [5.41, 5.74) is 1.76. The number of amides is 1. The van der Waals surface area contributed by atoms with Gasteiger partial charge in [0.25, 0.3) is 5.91 Å². The Hall–Kier alpha value is -2.40. The molecule has 0 saturated carbocycles. The van der Waals surface area contributed by atoms with E-state index in [4.69, 9.17) is 9.90 Å². The molecule has 2 saturated heterocycles. The number of likely N-dealkylation sites (tertiary alicyclic amines) is 2. The maximum absolute atomic E-state index is 12.5.